The van der Waals surface area contributed by atoms with E-state index in [-0.39, 0.29) is 5.69 Å². The van der Waals surface area contributed by atoms with Gasteiger partial charge < -0.3 is 9.84 Å². The normalized spacial score (nSPS) is 10.8. The number of rotatable bonds is 3. The standard InChI is InChI=1S/C15H13N3O3/c1-9-7-14(18(2)17-9)21-13-8-12(15(19)20)16-11-6-4-3-5-10(11)13/h3-8H,1-2H3,(H,19,20). The Hall–Kier alpha value is -2.89. The van der Waals surface area contributed by atoms with Crippen molar-refractivity contribution in [2.24, 2.45) is 7.05 Å². The monoisotopic (exact) mass is 283 g/mol. The SMILES string of the molecule is Cc1cc(Oc2cc(C(=O)O)nc3ccccc23)n(C)n1. The number of carboxylic acids is 1. The lowest BCUT2D eigenvalue weighted by molar-refractivity contribution is 0.0690. The van der Waals surface area contributed by atoms with Gasteiger partial charge in [0.05, 0.1) is 11.2 Å². The molecule has 0 aliphatic carbocycles. The van der Waals surface area contributed by atoms with Crippen LogP contribution in [-0.2, 0) is 7.05 Å². The number of hydrogen-bond donors (Lipinski definition) is 1. The summed E-state index contributed by atoms with van der Waals surface area (Å²) in [5, 5.41) is 14.1. The Labute approximate surface area is 120 Å². The lowest BCUT2D eigenvalue weighted by atomic mass is 10.2. The molecule has 21 heavy (non-hydrogen) atoms. The second kappa shape index (κ2) is 4.90. The van der Waals surface area contributed by atoms with E-state index < -0.39 is 5.97 Å². The third-order valence-corrected chi connectivity index (χ3v) is 3.07. The first kappa shape index (κ1) is 13.1. The van der Waals surface area contributed by atoms with Crippen LogP contribution < -0.4 is 4.74 Å². The number of benzene rings is 1. The molecule has 3 aromatic rings. The highest BCUT2D eigenvalue weighted by Gasteiger charge is 2.13. The largest absolute Gasteiger partial charge is 0.477 e. The van der Waals surface area contributed by atoms with Crippen LogP contribution >= 0.6 is 0 Å². The molecule has 3 rings (SSSR count). The van der Waals surface area contributed by atoms with Crippen LogP contribution in [0.5, 0.6) is 11.6 Å². The molecule has 0 spiro atoms. The summed E-state index contributed by atoms with van der Waals surface area (Å²) in [6.45, 7) is 1.86. The Kier molecular flexibility index (Phi) is 3.06. The second-order valence-corrected chi connectivity index (χ2v) is 4.68. The first-order valence-corrected chi connectivity index (χ1v) is 6.36. The molecule has 0 saturated carbocycles. The zero-order valence-electron chi connectivity index (χ0n) is 11.6. The van der Waals surface area contributed by atoms with Gasteiger partial charge in [0.2, 0.25) is 5.88 Å². The number of carboxylic acid groups (broad SMARTS) is 1. The quantitative estimate of drug-likeness (QED) is 0.799. The minimum absolute atomic E-state index is 0.0532. The van der Waals surface area contributed by atoms with Gasteiger partial charge in [0.15, 0.2) is 5.69 Å². The zero-order chi connectivity index (χ0) is 15.0. The van der Waals surface area contributed by atoms with E-state index in [0.29, 0.717) is 17.1 Å². The summed E-state index contributed by atoms with van der Waals surface area (Å²) in [6.07, 6.45) is 0. The van der Waals surface area contributed by atoms with E-state index in [1.54, 1.807) is 29.9 Å². The molecule has 2 heterocycles. The summed E-state index contributed by atoms with van der Waals surface area (Å²) in [4.78, 5) is 15.3. The fourth-order valence-corrected chi connectivity index (χ4v) is 2.13. The molecule has 0 saturated heterocycles. The van der Waals surface area contributed by atoms with Crippen molar-refractivity contribution < 1.29 is 14.6 Å². The molecule has 0 aliphatic rings. The van der Waals surface area contributed by atoms with Crippen molar-refractivity contribution in [3.05, 3.63) is 47.8 Å². The van der Waals surface area contributed by atoms with Crippen LogP contribution in [0.25, 0.3) is 10.9 Å². The van der Waals surface area contributed by atoms with Gasteiger partial charge in [-0.15, -0.1) is 0 Å². The topological polar surface area (TPSA) is 77.2 Å². The van der Waals surface area contributed by atoms with Crippen LogP contribution in [-0.4, -0.2) is 25.8 Å². The molecule has 2 aromatic heterocycles. The van der Waals surface area contributed by atoms with Crippen molar-refractivity contribution in [2.75, 3.05) is 0 Å². The number of pyridine rings is 1. The summed E-state index contributed by atoms with van der Waals surface area (Å²) < 4.78 is 7.43. The maximum Gasteiger partial charge on any atom is 0.354 e. The number of hydrogen-bond acceptors (Lipinski definition) is 4. The Morgan fingerprint density at radius 3 is 2.71 bits per heavy atom. The molecular weight excluding hydrogens is 270 g/mol. The molecule has 6 nitrogen and oxygen atoms in total. The van der Waals surface area contributed by atoms with Gasteiger partial charge in [0, 0.05) is 24.6 Å². The summed E-state index contributed by atoms with van der Waals surface area (Å²) in [5.41, 5.74) is 1.35. The third-order valence-electron chi connectivity index (χ3n) is 3.07. The number of para-hydroxylation sites is 1. The van der Waals surface area contributed by atoms with Crippen molar-refractivity contribution >= 4 is 16.9 Å². The summed E-state index contributed by atoms with van der Waals surface area (Å²) in [7, 11) is 1.77. The van der Waals surface area contributed by atoms with Crippen LogP contribution in [0.15, 0.2) is 36.4 Å². The minimum Gasteiger partial charge on any atom is -0.477 e. The average Bonchev–Trinajstić information content (AvgIpc) is 2.76. The second-order valence-electron chi connectivity index (χ2n) is 4.68. The lowest BCUT2D eigenvalue weighted by Crippen LogP contribution is -2.02. The number of aromatic carboxylic acids is 1. The van der Waals surface area contributed by atoms with E-state index in [4.69, 9.17) is 9.84 Å². The number of nitrogens with zero attached hydrogens (tertiary/aromatic N) is 3. The van der Waals surface area contributed by atoms with E-state index in [2.05, 4.69) is 10.1 Å². The smallest absolute Gasteiger partial charge is 0.354 e. The van der Waals surface area contributed by atoms with E-state index in [9.17, 15) is 4.79 Å². The summed E-state index contributed by atoms with van der Waals surface area (Å²) in [6, 6.07) is 10.5. The van der Waals surface area contributed by atoms with Gasteiger partial charge in [-0.05, 0) is 19.1 Å². The minimum atomic E-state index is -1.09. The number of aryl methyl sites for hydroxylation is 2. The molecule has 0 atom stereocenters. The number of fused-ring (bicyclic) bond motifs is 1. The highest BCUT2D eigenvalue weighted by molar-refractivity contribution is 5.93. The van der Waals surface area contributed by atoms with Crippen molar-refractivity contribution in [2.45, 2.75) is 6.92 Å². The van der Waals surface area contributed by atoms with Gasteiger partial charge in [-0.1, -0.05) is 12.1 Å². The lowest BCUT2D eigenvalue weighted by Gasteiger charge is -2.09. The predicted octanol–water partition coefficient (Wildman–Crippen LogP) is 2.77. The van der Waals surface area contributed by atoms with Gasteiger partial charge in [0.1, 0.15) is 5.75 Å². The Balaban J connectivity index is 2.16. The third kappa shape index (κ3) is 2.43. The summed E-state index contributed by atoms with van der Waals surface area (Å²) >= 11 is 0. The first-order valence-electron chi connectivity index (χ1n) is 6.36. The van der Waals surface area contributed by atoms with Crippen molar-refractivity contribution in [3.8, 4) is 11.6 Å². The Morgan fingerprint density at radius 1 is 1.29 bits per heavy atom. The average molecular weight is 283 g/mol. The number of carbonyl (C=O) groups is 1. The molecular formula is C15H13N3O3. The van der Waals surface area contributed by atoms with Crippen molar-refractivity contribution in [3.63, 3.8) is 0 Å². The molecule has 0 amide bonds. The maximum atomic E-state index is 11.2. The van der Waals surface area contributed by atoms with Crippen molar-refractivity contribution in [1.82, 2.24) is 14.8 Å². The van der Waals surface area contributed by atoms with Gasteiger partial charge >= 0.3 is 5.97 Å². The van der Waals surface area contributed by atoms with Gasteiger partial charge in [-0.2, -0.15) is 5.10 Å². The van der Waals surface area contributed by atoms with Gasteiger partial charge in [-0.25, -0.2) is 14.5 Å². The Bertz CT molecular complexity index is 839. The fourth-order valence-electron chi connectivity index (χ4n) is 2.13. The van der Waals surface area contributed by atoms with Crippen LogP contribution in [0.4, 0.5) is 0 Å². The number of ether oxygens (including phenoxy) is 1. The molecule has 0 aliphatic heterocycles. The van der Waals surface area contributed by atoms with E-state index in [1.807, 2.05) is 19.1 Å². The van der Waals surface area contributed by atoms with E-state index >= 15 is 0 Å². The molecule has 6 heteroatoms. The molecule has 106 valence electrons. The van der Waals surface area contributed by atoms with Crippen LogP contribution in [0.3, 0.4) is 0 Å². The molecule has 0 radical (unpaired) electrons. The molecule has 0 bridgehead atoms. The number of aromatic nitrogens is 3. The zero-order valence-corrected chi connectivity index (χ0v) is 11.6. The maximum absolute atomic E-state index is 11.2. The van der Waals surface area contributed by atoms with E-state index in [1.165, 1.54) is 6.07 Å². The van der Waals surface area contributed by atoms with Crippen LogP contribution in [0, 0.1) is 6.92 Å². The molecule has 0 unspecified atom stereocenters. The first-order chi connectivity index (χ1) is 10.0. The van der Waals surface area contributed by atoms with Crippen LogP contribution in [0.2, 0.25) is 0 Å². The summed E-state index contributed by atoms with van der Waals surface area (Å²) in [5.74, 6) is -0.104. The van der Waals surface area contributed by atoms with Crippen molar-refractivity contribution in [1.29, 1.82) is 0 Å². The van der Waals surface area contributed by atoms with Gasteiger partial charge in [0.25, 0.3) is 0 Å². The van der Waals surface area contributed by atoms with Gasteiger partial charge in [-0.3, -0.25) is 0 Å². The predicted molar refractivity (Wildman–Crippen MR) is 76.7 cm³/mol. The fraction of sp³-hybridized carbons (Fsp3) is 0.133. The highest BCUT2D eigenvalue weighted by Crippen LogP contribution is 2.30. The van der Waals surface area contributed by atoms with E-state index in [0.717, 1.165) is 11.1 Å². The molecule has 1 aromatic carbocycles. The van der Waals surface area contributed by atoms with Crippen LogP contribution in [0.1, 0.15) is 16.2 Å². The molecule has 1 N–H and O–H groups in total. The highest BCUT2D eigenvalue weighted by atomic mass is 16.5. The Morgan fingerprint density at radius 2 is 2.05 bits per heavy atom. The molecule has 0 fully saturated rings.